The van der Waals surface area contributed by atoms with E-state index < -0.39 is 0 Å². The lowest BCUT2D eigenvalue weighted by molar-refractivity contribution is 0.155. The Labute approximate surface area is 94.4 Å². The molecule has 1 N–H and O–H groups in total. The Bertz CT molecular complexity index is 169. The highest BCUT2D eigenvalue weighted by Crippen LogP contribution is 2.23. The standard InChI is InChI=1S/C13H26N2/c1-15(13-8-4-9-13)11-5-7-12-6-2-3-10-14-12/h12-14H,2-11H2,1H3. The number of hydrogen-bond acceptors (Lipinski definition) is 2. The molecule has 2 aliphatic rings. The first-order valence-electron chi connectivity index (χ1n) is 6.80. The van der Waals surface area contributed by atoms with Crippen LogP contribution in [0.15, 0.2) is 0 Å². The molecule has 0 aromatic rings. The van der Waals surface area contributed by atoms with E-state index in [4.69, 9.17) is 0 Å². The van der Waals surface area contributed by atoms with E-state index in [1.54, 1.807) is 0 Å². The van der Waals surface area contributed by atoms with Gasteiger partial charge < -0.3 is 10.2 Å². The molecule has 2 nitrogen and oxygen atoms in total. The van der Waals surface area contributed by atoms with Gasteiger partial charge >= 0.3 is 0 Å². The smallest absolute Gasteiger partial charge is 0.00922 e. The van der Waals surface area contributed by atoms with Crippen molar-refractivity contribution >= 4 is 0 Å². The lowest BCUT2D eigenvalue weighted by Gasteiger charge is -2.35. The third kappa shape index (κ3) is 3.46. The Morgan fingerprint density at radius 3 is 2.60 bits per heavy atom. The zero-order valence-electron chi connectivity index (χ0n) is 10.2. The van der Waals surface area contributed by atoms with Crippen LogP contribution in [0.2, 0.25) is 0 Å². The van der Waals surface area contributed by atoms with Crippen LogP contribution in [0.5, 0.6) is 0 Å². The SMILES string of the molecule is CN(CCCC1CCCCN1)C1CCC1. The maximum atomic E-state index is 3.63. The highest BCUT2D eigenvalue weighted by Gasteiger charge is 2.21. The summed E-state index contributed by atoms with van der Waals surface area (Å²) < 4.78 is 0. The van der Waals surface area contributed by atoms with Crippen LogP contribution in [0.3, 0.4) is 0 Å². The molecule has 0 radical (unpaired) electrons. The van der Waals surface area contributed by atoms with E-state index >= 15 is 0 Å². The lowest BCUT2D eigenvalue weighted by atomic mass is 9.91. The monoisotopic (exact) mass is 210 g/mol. The molecule has 0 aromatic heterocycles. The second-order valence-corrected chi connectivity index (χ2v) is 5.35. The minimum atomic E-state index is 0.827. The maximum Gasteiger partial charge on any atom is 0.00922 e. The van der Waals surface area contributed by atoms with Crippen LogP contribution in [-0.4, -0.2) is 37.1 Å². The number of piperidine rings is 1. The van der Waals surface area contributed by atoms with Crippen LogP contribution >= 0.6 is 0 Å². The van der Waals surface area contributed by atoms with Crippen molar-refractivity contribution in [2.45, 2.75) is 63.5 Å². The van der Waals surface area contributed by atoms with Crippen LogP contribution in [0.4, 0.5) is 0 Å². The van der Waals surface area contributed by atoms with Gasteiger partial charge in [0.1, 0.15) is 0 Å². The van der Waals surface area contributed by atoms with Crippen LogP contribution in [0.25, 0.3) is 0 Å². The first-order chi connectivity index (χ1) is 7.36. The molecule has 0 aromatic carbocycles. The van der Waals surface area contributed by atoms with Gasteiger partial charge in [-0.25, -0.2) is 0 Å². The molecule has 0 amide bonds. The largest absolute Gasteiger partial charge is 0.314 e. The summed E-state index contributed by atoms with van der Waals surface area (Å²) in [6.45, 7) is 2.56. The van der Waals surface area contributed by atoms with Crippen LogP contribution in [0.1, 0.15) is 51.4 Å². The summed E-state index contributed by atoms with van der Waals surface area (Å²) in [5.74, 6) is 0. The molecule has 1 unspecified atom stereocenters. The minimum Gasteiger partial charge on any atom is -0.314 e. The van der Waals surface area contributed by atoms with E-state index in [1.807, 2.05) is 0 Å². The van der Waals surface area contributed by atoms with Crippen LogP contribution < -0.4 is 5.32 Å². The fourth-order valence-electron chi connectivity index (χ4n) is 2.77. The maximum absolute atomic E-state index is 3.63. The third-order valence-corrected chi connectivity index (χ3v) is 4.17. The molecule has 2 heteroatoms. The van der Waals surface area contributed by atoms with Crippen LogP contribution in [0, 0.1) is 0 Å². The Balaban J connectivity index is 1.53. The van der Waals surface area contributed by atoms with Crippen molar-refractivity contribution in [3.8, 4) is 0 Å². The van der Waals surface area contributed by atoms with Crippen molar-refractivity contribution in [3.63, 3.8) is 0 Å². The summed E-state index contributed by atoms with van der Waals surface area (Å²) in [7, 11) is 2.30. The summed E-state index contributed by atoms with van der Waals surface area (Å²) >= 11 is 0. The minimum absolute atomic E-state index is 0.827. The van der Waals surface area contributed by atoms with Gasteiger partial charge in [0.2, 0.25) is 0 Å². The zero-order chi connectivity index (χ0) is 10.5. The number of rotatable bonds is 5. The molecule has 1 aliphatic carbocycles. The Hall–Kier alpha value is -0.0800. The highest BCUT2D eigenvalue weighted by molar-refractivity contribution is 4.78. The Morgan fingerprint density at radius 2 is 2.00 bits per heavy atom. The summed E-state index contributed by atoms with van der Waals surface area (Å²) in [6, 6.07) is 1.75. The second kappa shape index (κ2) is 5.86. The van der Waals surface area contributed by atoms with Gasteiger partial charge in [-0.05, 0) is 58.7 Å². The number of nitrogens with one attached hydrogen (secondary N) is 1. The number of hydrogen-bond donors (Lipinski definition) is 1. The normalized spacial score (nSPS) is 28.0. The van der Waals surface area contributed by atoms with Gasteiger partial charge in [0, 0.05) is 12.1 Å². The van der Waals surface area contributed by atoms with Gasteiger partial charge in [0.15, 0.2) is 0 Å². The third-order valence-electron chi connectivity index (χ3n) is 4.17. The molecule has 88 valence electrons. The van der Waals surface area contributed by atoms with Crippen molar-refractivity contribution in [1.82, 2.24) is 10.2 Å². The van der Waals surface area contributed by atoms with Gasteiger partial charge in [-0.15, -0.1) is 0 Å². The molecule has 1 saturated carbocycles. The van der Waals surface area contributed by atoms with Gasteiger partial charge in [-0.3, -0.25) is 0 Å². The van der Waals surface area contributed by atoms with E-state index in [1.165, 1.54) is 64.5 Å². The predicted octanol–water partition coefficient (Wildman–Crippen LogP) is 2.39. The lowest BCUT2D eigenvalue weighted by Crippen LogP contribution is -2.39. The van der Waals surface area contributed by atoms with Crippen molar-refractivity contribution in [3.05, 3.63) is 0 Å². The molecule has 2 rings (SSSR count). The Kier molecular flexibility index (Phi) is 4.45. The van der Waals surface area contributed by atoms with Crippen molar-refractivity contribution < 1.29 is 0 Å². The first-order valence-corrected chi connectivity index (χ1v) is 6.80. The molecular weight excluding hydrogens is 184 g/mol. The van der Waals surface area contributed by atoms with Crippen molar-refractivity contribution in [2.24, 2.45) is 0 Å². The van der Waals surface area contributed by atoms with E-state index in [0.717, 1.165) is 12.1 Å². The highest BCUT2D eigenvalue weighted by atomic mass is 15.1. The second-order valence-electron chi connectivity index (χ2n) is 5.35. The average Bonchev–Trinajstić information content (AvgIpc) is 2.16. The van der Waals surface area contributed by atoms with E-state index in [0.29, 0.717) is 0 Å². The number of nitrogens with zero attached hydrogens (tertiary/aromatic N) is 1. The fraction of sp³-hybridized carbons (Fsp3) is 1.00. The zero-order valence-corrected chi connectivity index (χ0v) is 10.2. The molecule has 1 aliphatic heterocycles. The van der Waals surface area contributed by atoms with Gasteiger partial charge in [0.05, 0.1) is 0 Å². The molecule has 0 bridgehead atoms. The average molecular weight is 210 g/mol. The summed E-state index contributed by atoms with van der Waals surface area (Å²) in [4.78, 5) is 2.58. The van der Waals surface area contributed by atoms with Gasteiger partial charge in [-0.1, -0.05) is 12.8 Å². The summed E-state index contributed by atoms with van der Waals surface area (Å²) in [6.07, 6.45) is 11.3. The molecule has 2 fully saturated rings. The topological polar surface area (TPSA) is 15.3 Å². The van der Waals surface area contributed by atoms with E-state index in [9.17, 15) is 0 Å². The molecule has 0 spiro atoms. The molecule has 15 heavy (non-hydrogen) atoms. The van der Waals surface area contributed by atoms with E-state index in [-0.39, 0.29) is 0 Å². The van der Waals surface area contributed by atoms with Crippen molar-refractivity contribution in [1.29, 1.82) is 0 Å². The Morgan fingerprint density at radius 1 is 1.13 bits per heavy atom. The summed E-state index contributed by atoms with van der Waals surface area (Å²) in [5.41, 5.74) is 0. The van der Waals surface area contributed by atoms with E-state index in [2.05, 4.69) is 17.3 Å². The van der Waals surface area contributed by atoms with Gasteiger partial charge in [0.25, 0.3) is 0 Å². The van der Waals surface area contributed by atoms with Crippen LogP contribution in [-0.2, 0) is 0 Å². The quantitative estimate of drug-likeness (QED) is 0.749. The molecule has 1 saturated heterocycles. The van der Waals surface area contributed by atoms with Crippen molar-refractivity contribution in [2.75, 3.05) is 20.1 Å². The molecular formula is C13H26N2. The fourth-order valence-corrected chi connectivity index (χ4v) is 2.77. The predicted molar refractivity (Wildman–Crippen MR) is 65.1 cm³/mol. The summed E-state index contributed by atoms with van der Waals surface area (Å²) in [5, 5.41) is 3.63. The van der Waals surface area contributed by atoms with Gasteiger partial charge in [-0.2, -0.15) is 0 Å². The molecule has 1 heterocycles. The molecule has 1 atom stereocenters. The first kappa shape index (κ1) is 11.4.